The highest BCUT2D eigenvalue weighted by Crippen LogP contribution is 2.36. The van der Waals surface area contributed by atoms with Crippen molar-refractivity contribution < 1.29 is 24.0 Å². The number of hydrogen-bond donors (Lipinski definition) is 4. The van der Waals surface area contributed by atoms with Crippen molar-refractivity contribution in [1.29, 1.82) is 0 Å². The number of nitrogens with one attached hydrogen (secondary N) is 1. The van der Waals surface area contributed by atoms with Crippen LogP contribution in [0.5, 0.6) is 0 Å². The van der Waals surface area contributed by atoms with Crippen LogP contribution in [0.15, 0.2) is 21.4 Å². The highest BCUT2D eigenvalue weighted by atomic mass is 31.2. The second-order valence-electron chi connectivity index (χ2n) is 3.69. The smallest absolute Gasteiger partial charge is 0.392 e. The van der Waals surface area contributed by atoms with Crippen LogP contribution in [0.2, 0.25) is 0 Å². The van der Waals surface area contributed by atoms with Crippen LogP contribution < -0.4 is 11.2 Å². The summed E-state index contributed by atoms with van der Waals surface area (Å²) < 4.78 is 15.7. The molecule has 19 heavy (non-hydrogen) atoms. The molecule has 0 amide bonds. The van der Waals surface area contributed by atoms with E-state index in [0.717, 1.165) is 10.8 Å². The molecule has 0 unspecified atom stereocenters. The number of aliphatic hydroxyl groups excluding tert-OH is 1. The molecule has 0 fully saturated rings. The molecule has 1 rings (SSSR count). The predicted molar refractivity (Wildman–Crippen MR) is 65.4 cm³/mol. The van der Waals surface area contributed by atoms with Gasteiger partial charge >= 0.3 is 13.5 Å². The van der Waals surface area contributed by atoms with Gasteiger partial charge in [0.15, 0.2) is 0 Å². The number of rotatable bonds is 5. The van der Waals surface area contributed by atoms with Crippen molar-refractivity contribution in [3.63, 3.8) is 0 Å². The summed E-state index contributed by atoms with van der Waals surface area (Å²) in [4.78, 5) is 41.7. The molecule has 0 aromatic carbocycles. The standard InChI is InChI=1S/C9H13N2O7P/c1-6-2-11(9(14)10-8(6)13)3-7(4-12)5-18-19(15,16)17/h2-3,12H,4-5H2,1H3,(H,10,13,14)(H2,15,16,17)/b7-3-. The van der Waals surface area contributed by atoms with Crippen molar-refractivity contribution in [1.82, 2.24) is 9.55 Å². The Morgan fingerprint density at radius 2 is 2.16 bits per heavy atom. The van der Waals surface area contributed by atoms with Crippen molar-refractivity contribution in [2.24, 2.45) is 0 Å². The molecule has 4 N–H and O–H groups in total. The van der Waals surface area contributed by atoms with Gasteiger partial charge in [0.25, 0.3) is 5.56 Å². The third-order valence-corrected chi connectivity index (χ3v) is 2.55. The summed E-state index contributed by atoms with van der Waals surface area (Å²) in [7, 11) is -4.66. The van der Waals surface area contributed by atoms with Gasteiger partial charge in [0.1, 0.15) is 0 Å². The van der Waals surface area contributed by atoms with E-state index in [1.165, 1.54) is 13.1 Å². The Morgan fingerprint density at radius 1 is 1.53 bits per heavy atom. The summed E-state index contributed by atoms with van der Waals surface area (Å²) in [5.74, 6) is 0. The van der Waals surface area contributed by atoms with E-state index in [9.17, 15) is 14.2 Å². The Morgan fingerprint density at radius 3 is 2.68 bits per heavy atom. The Labute approximate surface area is 107 Å². The van der Waals surface area contributed by atoms with Gasteiger partial charge in [0, 0.05) is 18.0 Å². The fourth-order valence-electron chi connectivity index (χ4n) is 1.17. The number of phosphoric ester groups is 1. The van der Waals surface area contributed by atoms with Gasteiger partial charge in [-0.25, -0.2) is 9.36 Å². The van der Waals surface area contributed by atoms with Crippen molar-refractivity contribution in [2.75, 3.05) is 13.2 Å². The first-order valence-corrected chi connectivity index (χ1v) is 6.58. The van der Waals surface area contributed by atoms with Crippen LogP contribution in [-0.4, -0.2) is 37.7 Å². The monoisotopic (exact) mass is 292 g/mol. The third kappa shape index (κ3) is 4.93. The molecular weight excluding hydrogens is 279 g/mol. The number of nitrogens with zero attached hydrogens (tertiary/aromatic N) is 1. The van der Waals surface area contributed by atoms with Crippen LogP contribution >= 0.6 is 7.82 Å². The molecule has 10 heteroatoms. The van der Waals surface area contributed by atoms with Crippen LogP contribution in [0.3, 0.4) is 0 Å². The summed E-state index contributed by atoms with van der Waals surface area (Å²) >= 11 is 0. The topological polar surface area (TPSA) is 142 Å². The SMILES string of the molecule is Cc1cn(/C=C(/CO)COP(=O)(O)O)c(=O)[nH]c1=O. The number of hydrogen-bond acceptors (Lipinski definition) is 5. The van der Waals surface area contributed by atoms with Crippen LogP contribution in [0.4, 0.5) is 0 Å². The molecule has 106 valence electrons. The molecular formula is C9H13N2O7P. The minimum Gasteiger partial charge on any atom is -0.392 e. The van der Waals surface area contributed by atoms with Crippen LogP contribution in [0, 0.1) is 6.92 Å². The van der Waals surface area contributed by atoms with Gasteiger partial charge in [0.2, 0.25) is 0 Å². The van der Waals surface area contributed by atoms with E-state index in [4.69, 9.17) is 14.9 Å². The quantitative estimate of drug-likeness (QED) is 0.499. The molecule has 1 heterocycles. The lowest BCUT2D eigenvalue weighted by molar-refractivity contribution is 0.203. The van der Waals surface area contributed by atoms with Crippen molar-refractivity contribution in [3.05, 3.63) is 38.2 Å². The fourth-order valence-corrected chi connectivity index (χ4v) is 1.50. The first-order valence-electron chi connectivity index (χ1n) is 5.05. The normalized spacial score (nSPS) is 12.7. The van der Waals surface area contributed by atoms with Gasteiger partial charge in [-0.15, -0.1) is 0 Å². The molecule has 0 saturated carbocycles. The second kappa shape index (κ2) is 6.09. The first kappa shape index (κ1) is 15.5. The van der Waals surface area contributed by atoms with Gasteiger partial charge < -0.3 is 14.9 Å². The molecule has 0 atom stereocenters. The van der Waals surface area contributed by atoms with E-state index in [1.807, 2.05) is 4.98 Å². The van der Waals surface area contributed by atoms with Crippen molar-refractivity contribution in [2.45, 2.75) is 6.92 Å². The van der Waals surface area contributed by atoms with Crippen molar-refractivity contribution >= 4 is 14.0 Å². The minimum atomic E-state index is -4.66. The first-order chi connectivity index (χ1) is 8.73. The summed E-state index contributed by atoms with van der Waals surface area (Å²) in [6, 6.07) is 0. The molecule has 1 aromatic heterocycles. The third-order valence-electron chi connectivity index (χ3n) is 2.09. The zero-order valence-electron chi connectivity index (χ0n) is 9.94. The van der Waals surface area contributed by atoms with Crippen LogP contribution in [0.1, 0.15) is 5.56 Å². The van der Waals surface area contributed by atoms with Gasteiger partial charge in [-0.1, -0.05) is 0 Å². The van der Waals surface area contributed by atoms with E-state index in [1.54, 1.807) is 0 Å². The second-order valence-corrected chi connectivity index (χ2v) is 4.93. The number of aryl methyl sites for hydroxylation is 1. The molecule has 1 aromatic rings. The predicted octanol–water partition coefficient (Wildman–Crippen LogP) is -1.21. The molecule has 0 aliphatic heterocycles. The van der Waals surface area contributed by atoms with E-state index in [2.05, 4.69) is 4.52 Å². The lowest BCUT2D eigenvalue weighted by atomic mass is 10.3. The Kier molecular flexibility index (Phi) is 4.98. The molecule has 0 saturated heterocycles. The summed E-state index contributed by atoms with van der Waals surface area (Å²) in [5, 5.41) is 9.01. The average molecular weight is 292 g/mol. The zero-order chi connectivity index (χ0) is 14.6. The number of H-pyrrole nitrogens is 1. The highest BCUT2D eigenvalue weighted by molar-refractivity contribution is 7.46. The number of aromatic nitrogens is 2. The number of aliphatic hydroxyl groups is 1. The van der Waals surface area contributed by atoms with Gasteiger partial charge in [-0.05, 0) is 12.5 Å². The van der Waals surface area contributed by atoms with Crippen molar-refractivity contribution in [3.8, 4) is 0 Å². The van der Waals surface area contributed by atoms with E-state index < -0.39 is 32.3 Å². The maximum atomic E-state index is 11.4. The van der Waals surface area contributed by atoms with Crippen LogP contribution in [0.25, 0.3) is 6.20 Å². The van der Waals surface area contributed by atoms with Gasteiger partial charge in [0.05, 0.1) is 13.2 Å². The molecule has 0 aliphatic carbocycles. The minimum absolute atomic E-state index is 0.0527. The van der Waals surface area contributed by atoms with E-state index >= 15 is 0 Å². The van der Waals surface area contributed by atoms with Gasteiger partial charge in [-0.2, -0.15) is 0 Å². The molecule has 0 aliphatic rings. The Hall–Kier alpha value is -1.51. The largest absolute Gasteiger partial charge is 0.469 e. The summed E-state index contributed by atoms with van der Waals surface area (Å²) in [5.41, 5.74) is -0.953. The maximum Gasteiger partial charge on any atom is 0.469 e. The molecule has 9 nitrogen and oxygen atoms in total. The average Bonchev–Trinajstić information content (AvgIpc) is 2.29. The summed E-state index contributed by atoms with van der Waals surface area (Å²) in [6.45, 7) is 0.364. The fraction of sp³-hybridized carbons (Fsp3) is 0.333. The number of aromatic amines is 1. The maximum absolute atomic E-state index is 11.4. The zero-order valence-corrected chi connectivity index (χ0v) is 10.8. The van der Waals surface area contributed by atoms with E-state index in [-0.39, 0.29) is 11.1 Å². The molecule has 0 spiro atoms. The Balaban J connectivity index is 3.05. The molecule has 0 bridgehead atoms. The Bertz CT molecular complexity index is 639. The van der Waals surface area contributed by atoms with Crippen LogP contribution in [-0.2, 0) is 9.09 Å². The van der Waals surface area contributed by atoms with Gasteiger partial charge in [-0.3, -0.25) is 18.9 Å². The van der Waals surface area contributed by atoms with E-state index in [0.29, 0.717) is 0 Å². The molecule has 0 radical (unpaired) electrons. The highest BCUT2D eigenvalue weighted by Gasteiger charge is 2.14. The lowest BCUT2D eigenvalue weighted by Gasteiger charge is -2.08. The number of phosphoric acid groups is 1. The lowest BCUT2D eigenvalue weighted by Crippen LogP contribution is -2.28. The summed E-state index contributed by atoms with van der Waals surface area (Å²) in [6.07, 6.45) is 2.36.